The molecule has 2 aromatic carbocycles. The molecule has 0 bridgehead atoms. The van der Waals surface area contributed by atoms with Crippen LogP contribution >= 0.6 is 11.3 Å². The summed E-state index contributed by atoms with van der Waals surface area (Å²) in [5, 5.41) is 12.6. The Bertz CT molecular complexity index is 1070. The van der Waals surface area contributed by atoms with Crippen LogP contribution in [0.5, 0.6) is 11.5 Å². The standard InChI is InChI=1S/C21H15NO6S/c1-27-16-8-10-18(19(23)11-9-17-3-2-12-29-17)20(13-16)28-21(24)14-4-6-15(7-5-14)22(25)26/h2-13H,1H3. The van der Waals surface area contributed by atoms with Crippen LogP contribution in [-0.4, -0.2) is 23.8 Å². The van der Waals surface area contributed by atoms with Gasteiger partial charge in [0.05, 0.1) is 23.2 Å². The Morgan fingerprint density at radius 3 is 2.48 bits per heavy atom. The smallest absolute Gasteiger partial charge is 0.343 e. The molecule has 7 nitrogen and oxygen atoms in total. The Morgan fingerprint density at radius 2 is 1.86 bits per heavy atom. The summed E-state index contributed by atoms with van der Waals surface area (Å²) >= 11 is 1.49. The number of ketones is 1. The number of ether oxygens (including phenoxy) is 2. The number of methoxy groups -OCH3 is 1. The molecule has 3 rings (SSSR count). The second-order valence-electron chi connectivity index (χ2n) is 5.77. The van der Waals surface area contributed by atoms with Crippen molar-refractivity contribution in [2.45, 2.75) is 0 Å². The van der Waals surface area contributed by atoms with Gasteiger partial charge in [-0.2, -0.15) is 0 Å². The Kier molecular flexibility index (Phi) is 6.16. The highest BCUT2D eigenvalue weighted by molar-refractivity contribution is 7.10. The van der Waals surface area contributed by atoms with Crippen LogP contribution < -0.4 is 9.47 Å². The van der Waals surface area contributed by atoms with Crippen LogP contribution in [0, 0.1) is 10.1 Å². The molecule has 0 unspecified atom stereocenters. The maximum atomic E-state index is 12.6. The van der Waals surface area contributed by atoms with Crippen molar-refractivity contribution in [3.05, 3.63) is 92.2 Å². The van der Waals surface area contributed by atoms with Crippen molar-refractivity contribution in [1.29, 1.82) is 0 Å². The summed E-state index contributed by atoms with van der Waals surface area (Å²) in [5.74, 6) is -0.638. The average Bonchev–Trinajstić information content (AvgIpc) is 3.25. The minimum absolute atomic E-state index is 0.0357. The highest BCUT2D eigenvalue weighted by atomic mass is 32.1. The van der Waals surface area contributed by atoms with Crippen molar-refractivity contribution >= 4 is 34.9 Å². The van der Waals surface area contributed by atoms with Crippen molar-refractivity contribution in [3.63, 3.8) is 0 Å². The van der Waals surface area contributed by atoms with E-state index in [1.165, 1.54) is 60.9 Å². The number of carbonyl (C=O) groups is 2. The molecule has 1 aromatic heterocycles. The summed E-state index contributed by atoms with van der Waals surface area (Å²) in [6.45, 7) is 0. The lowest BCUT2D eigenvalue weighted by molar-refractivity contribution is -0.384. The Morgan fingerprint density at radius 1 is 1.10 bits per heavy atom. The fourth-order valence-electron chi connectivity index (χ4n) is 2.43. The van der Waals surface area contributed by atoms with Crippen molar-refractivity contribution in [1.82, 2.24) is 0 Å². The van der Waals surface area contributed by atoms with Crippen LogP contribution in [-0.2, 0) is 0 Å². The number of thiophene rings is 1. The van der Waals surface area contributed by atoms with E-state index in [-0.39, 0.29) is 28.3 Å². The summed E-state index contributed by atoms with van der Waals surface area (Å²) in [5.41, 5.74) is 0.164. The number of rotatable bonds is 7. The van der Waals surface area contributed by atoms with E-state index >= 15 is 0 Å². The molecule has 1 heterocycles. The summed E-state index contributed by atoms with van der Waals surface area (Å²) in [6, 6.07) is 13.3. The number of nitro benzene ring substituents is 1. The van der Waals surface area contributed by atoms with Gasteiger partial charge in [-0.1, -0.05) is 6.07 Å². The molecule has 0 N–H and O–H groups in total. The number of nitro groups is 1. The van der Waals surface area contributed by atoms with Crippen LogP contribution in [0.25, 0.3) is 6.08 Å². The second kappa shape index (κ2) is 8.94. The van der Waals surface area contributed by atoms with Gasteiger partial charge in [0.2, 0.25) is 0 Å². The number of hydrogen-bond acceptors (Lipinski definition) is 7. The first-order chi connectivity index (χ1) is 14.0. The van der Waals surface area contributed by atoms with E-state index < -0.39 is 10.9 Å². The zero-order chi connectivity index (χ0) is 20.8. The van der Waals surface area contributed by atoms with E-state index in [1.54, 1.807) is 12.1 Å². The lowest BCUT2D eigenvalue weighted by atomic mass is 10.1. The van der Waals surface area contributed by atoms with Gasteiger partial charge in [0.1, 0.15) is 11.5 Å². The quantitative estimate of drug-likeness (QED) is 0.139. The molecule has 0 amide bonds. The van der Waals surface area contributed by atoms with Gasteiger partial charge in [-0.3, -0.25) is 14.9 Å². The van der Waals surface area contributed by atoms with E-state index in [2.05, 4.69) is 0 Å². The molecule has 3 aromatic rings. The molecule has 0 aliphatic heterocycles. The summed E-state index contributed by atoms with van der Waals surface area (Å²) < 4.78 is 10.5. The number of hydrogen-bond donors (Lipinski definition) is 0. The molecule has 146 valence electrons. The van der Waals surface area contributed by atoms with Crippen LogP contribution in [0.4, 0.5) is 5.69 Å². The molecule has 0 aliphatic rings. The summed E-state index contributed by atoms with van der Waals surface area (Å²) in [7, 11) is 1.45. The number of nitrogens with zero attached hydrogens (tertiary/aromatic N) is 1. The number of allylic oxidation sites excluding steroid dienone is 1. The average molecular weight is 409 g/mol. The zero-order valence-corrected chi connectivity index (χ0v) is 16.0. The zero-order valence-electron chi connectivity index (χ0n) is 15.2. The van der Waals surface area contributed by atoms with Gasteiger partial charge in [-0.25, -0.2) is 4.79 Å². The van der Waals surface area contributed by atoms with Crippen molar-refractivity contribution in [2.24, 2.45) is 0 Å². The van der Waals surface area contributed by atoms with Crippen molar-refractivity contribution in [2.75, 3.05) is 7.11 Å². The first-order valence-corrected chi connectivity index (χ1v) is 9.26. The minimum atomic E-state index is -0.746. The van der Waals surface area contributed by atoms with Crippen molar-refractivity contribution < 1.29 is 24.0 Å². The van der Waals surface area contributed by atoms with Crippen LogP contribution in [0.2, 0.25) is 0 Å². The fraction of sp³-hybridized carbons (Fsp3) is 0.0476. The minimum Gasteiger partial charge on any atom is -0.497 e. The number of non-ortho nitro benzene ring substituents is 1. The monoisotopic (exact) mass is 409 g/mol. The van der Waals surface area contributed by atoms with Gasteiger partial charge in [0, 0.05) is 23.1 Å². The summed E-state index contributed by atoms with van der Waals surface area (Å²) in [4.78, 5) is 36.2. The van der Waals surface area contributed by atoms with E-state index in [0.717, 1.165) is 4.88 Å². The van der Waals surface area contributed by atoms with Gasteiger partial charge in [-0.15, -0.1) is 11.3 Å². The predicted octanol–water partition coefficient (Wildman–Crippen LogP) is 4.78. The molecule has 0 aliphatic carbocycles. The molecule has 0 saturated carbocycles. The number of benzene rings is 2. The molecule has 0 spiro atoms. The first-order valence-electron chi connectivity index (χ1n) is 8.38. The maximum absolute atomic E-state index is 12.6. The lowest BCUT2D eigenvalue weighted by Crippen LogP contribution is -2.11. The first kappa shape index (κ1) is 20.0. The lowest BCUT2D eigenvalue weighted by Gasteiger charge is -2.10. The topological polar surface area (TPSA) is 95.7 Å². The molecule has 8 heteroatoms. The highest BCUT2D eigenvalue weighted by Gasteiger charge is 2.17. The Hall–Kier alpha value is -3.78. The van der Waals surface area contributed by atoms with Gasteiger partial charge in [0.15, 0.2) is 5.78 Å². The van der Waals surface area contributed by atoms with E-state index in [4.69, 9.17) is 9.47 Å². The van der Waals surface area contributed by atoms with Gasteiger partial charge in [0.25, 0.3) is 5.69 Å². The predicted molar refractivity (Wildman–Crippen MR) is 109 cm³/mol. The number of carbonyl (C=O) groups excluding carboxylic acids is 2. The molecular formula is C21H15NO6S. The molecule has 0 radical (unpaired) electrons. The van der Waals surface area contributed by atoms with Gasteiger partial charge >= 0.3 is 5.97 Å². The third kappa shape index (κ3) is 4.94. The normalized spacial score (nSPS) is 10.7. The van der Waals surface area contributed by atoms with Crippen LogP contribution in [0.15, 0.2) is 66.1 Å². The van der Waals surface area contributed by atoms with Crippen molar-refractivity contribution in [3.8, 4) is 11.5 Å². The van der Waals surface area contributed by atoms with Gasteiger partial charge < -0.3 is 9.47 Å². The van der Waals surface area contributed by atoms with E-state index in [1.807, 2.05) is 17.5 Å². The molecule has 0 saturated heterocycles. The largest absolute Gasteiger partial charge is 0.497 e. The molecule has 0 fully saturated rings. The fourth-order valence-corrected chi connectivity index (χ4v) is 3.05. The van der Waals surface area contributed by atoms with E-state index in [0.29, 0.717) is 5.75 Å². The molecule has 29 heavy (non-hydrogen) atoms. The molecule has 0 atom stereocenters. The maximum Gasteiger partial charge on any atom is 0.343 e. The van der Waals surface area contributed by atoms with Gasteiger partial charge in [-0.05, 0) is 47.9 Å². The SMILES string of the molecule is COc1ccc(C(=O)C=Cc2cccs2)c(OC(=O)c2ccc([N+](=O)[O-])cc2)c1. The highest BCUT2D eigenvalue weighted by Crippen LogP contribution is 2.27. The molecular weight excluding hydrogens is 394 g/mol. The third-order valence-electron chi connectivity index (χ3n) is 3.91. The summed E-state index contributed by atoms with van der Waals surface area (Å²) in [6.07, 6.45) is 3.08. The van der Waals surface area contributed by atoms with Crippen LogP contribution in [0.1, 0.15) is 25.6 Å². The Labute approximate surface area is 170 Å². The Balaban J connectivity index is 1.85. The second-order valence-corrected chi connectivity index (χ2v) is 6.75. The number of esters is 1. The van der Waals surface area contributed by atoms with E-state index in [9.17, 15) is 19.7 Å². The van der Waals surface area contributed by atoms with Crippen LogP contribution in [0.3, 0.4) is 0 Å². The third-order valence-corrected chi connectivity index (χ3v) is 4.75.